The Bertz CT molecular complexity index is 1170. The molecule has 2 fully saturated rings. The first kappa shape index (κ1) is 20.7. The van der Waals surface area contributed by atoms with Crippen LogP contribution in [-0.2, 0) is 17.6 Å². The van der Waals surface area contributed by atoms with Gasteiger partial charge in [0.2, 0.25) is 5.16 Å². The second kappa shape index (κ2) is 8.48. The second-order valence-corrected chi connectivity index (χ2v) is 10.6. The molecule has 1 spiro atoms. The van der Waals surface area contributed by atoms with Gasteiger partial charge in [0.15, 0.2) is 0 Å². The quantitative estimate of drug-likeness (QED) is 0.571. The lowest BCUT2D eigenvalue weighted by molar-refractivity contribution is 0.172. The summed E-state index contributed by atoms with van der Waals surface area (Å²) in [7, 11) is 0. The van der Waals surface area contributed by atoms with Gasteiger partial charge in [0.1, 0.15) is 6.61 Å². The van der Waals surface area contributed by atoms with Gasteiger partial charge in [-0.1, -0.05) is 48.2 Å². The largest absolute Gasteiger partial charge is 0.447 e. The lowest BCUT2D eigenvalue weighted by Gasteiger charge is -2.26. The Labute approximate surface area is 197 Å². The first-order chi connectivity index (χ1) is 16.2. The number of para-hydroxylation sites is 1. The van der Waals surface area contributed by atoms with E-state index in [4.69, 9.17) is 4.74 Å². The highest BCUT2D eigenvalue weighted by molar-refractivity contribution is 7.99. The van der Waals surface area contributed by atoms with Crippen LogP contribution < -0.4 is 5.32 Å². The summed E-state index contributed by atoms with van der Waals surface area (Å²) in [4.78, 5) is 11.5. The van der Waals surface area contributed by atoms with E-state index in [0.29, 0.717) is 18.4 Å². The number of amides is 1. The molecular formula is C25H27N5O2S. The third-order valence-electron chi connectivity index (χ3n) is 7.38. The number of nitrogens with one attached hydrogen (secondary N) is 1. The molecule has 6 rings (SSSR count). The van der Waals surface area contributed by atoms with Crippen molar-refractivity contribution in [1.29, 1.82) is 0 Å². The third-order valence-corrected chi connectivity index (χ3v) is 8.53. The van der Waals surface area contributed by atoms with E-state index < -0.39 is 0 Å². The van der Waals surface area contributed by atoms with E-state index in [2.05, 4.69) is 39.0 Å². The minimum atomic E-state index is -0.261. The number of alkyl carbamates (subject to hydrolysis) is 1. The monoisotopic (exact) mass is 461 g/mol. The minimum Gasteiger partial charge on any atom is -0.447 e. The average Bonchev–Trinajstić information content (AvgIpc) is 3.58. The predicted molar refractivity (Wildman–Crippen MR) is 126 cm³/mol. The molecule has 1 aliphatic heterocycles. The molecule has 2 aliphatic carbocycles. The van der Waals surface area contributed by atoms with Crippen LogP contribution in [0.5, 0.6) is 0 Å². The molecule has 2 heterocycles. The van der Waals surface area contributed by atoms with Crippen molar-refractivity contribution in [3.63, 3.8) is 0 Å². The Balaban J connectivity index is 1.09. The topological polar surface area (TPSA) is 81.9 Å². The molecule has 1 amide bonds. The molecule has 3 aromatic rings. The van der Waals surface area contributed by atoms with Crippen LogP contribution in [0, 0.1) is 5.92 Å². The van der Waals surface area contributed by atoms with Gasteiger partial charge in [-0.25, -0.2) is 4.79 Å². The van der Waals surface area contributed by atoms with Gasteiger partial charge in [0.25, 0.3) is 0 Å². The van der Waals surface area contributed by atoms with E-state index >= 15 is 0 Å². The summed E-state index contributed by atoms with van der Waals surface area (Å²) in [5.41, 5.74) is 5.24. The molecule has 1 saturated carbocycles. The van der Waals surface area contributed by atoms with Crippen molar-refractivity contribution in [1.82, 2.24) is 25.5 Å². The Hall–Kier alpha value is -2.87. The van der Waals surface area contributed by atoms with Crippen LogP contribution in [0.3, 0.4) is 0 Å². The molecule has 33 heavy (non-hydrogen) atoms. The molecule has 0 bridgehead atoms. The first-order valence-electron chi connectivity index (χ1n) is 11.7. The van der Waals surface area contributed by atoms with E-state index in [1.807, 2.05) is 35.0 Å². The van der Waals surface area contributed by atoms with E-state index in [-0.39, 0.29) is 11.6 Å². The van der Waals surface area contributed by atoms with Gasteiger partial charge in [0.05, 0.1) is 11.2 Å². The number of carbonyl (C=O) groups is 1. The first-order valence-corrected chi connectivity index (χ1v) is 12.7. The van der Waals surface area contributed by atoms with Gasteiger partial charge < -0.3 is 10.1 Å². The number of benzene rings is 2. The fourth-order valence-corrected chi connectivity index (χ4v) is 6.61. The van der Waals surface area contributed by atoms with Gasteiger partial charge in [0, 0.05) is 5.75 Å². The Kier molecular flexibility index (Phi) is 5.32. The molecule has 8 heteroatoms. The Morgan fingerprint density at radius 1 is 1.15 bits per heavy atom. The molecule has 3 atom stereocenters. The van der Waals surface area contributed by atoms with Crippen LogP contribution in [0.4, 0.5) is 4.79 Å². The summed E-state index contributed by atoms with van der Waals surface area (Å²) in [5.74, 6) is 2.14. The van der Waals surface area contributed by atoms with Crippen LogP contribution in [0.15, 0.2) is 53.7 Å². The van der Waals surface area contributed by atoms with Crippen molar-refractivity contribution >= 4 is 17.9 Å². The fraction of sp³-hybridized carbons (Fsp3) is 0.440. The van der Waals surface area contributed by atoms with Crippen molar-refractivity contribution in [3.8, 4) is 5.69 Å². The summed E-state index contributed by atoms with van der Waals surface area (Å²) >= 11 is 1.74. The molecule has 2 aromatic carbocycles. The van der Waals surface area contributed by atoms with E-state index in [1.165, 1.54) is 23.1 Å². The summed E-state index contributed by atoms with van der Waals surface area (Å²) in [6, 6.07) is 17.1. The van der Waals surface area contributed by atoms with Crippen molar-refractivity contribution in [2.24, 2.45) is 5.92 Å². The van der Waals surface area contributed by atoms with Crippen molar-refractivity contribution < 1.29 is 9.53 Å². The van der Waals surface area contributed by atoms with Crippen molar-refractivity contribution in [2.75, 3.05) is 12.4 Å². The molecule has 1 saturated heterocycles. The van der Waals surface area contributed by atoms with Gasteiger partial charge in [-0.05, 0) is 89.6 Å². The number of ether oxygens (including phenoxy) is 1. The summed E-state index contributed by atoms with van der Waals surface area (Å²) in [5, 5.41) is 16.2. The van der Waals surface area contributed by atoms with Gasteiger partial charge in [-0.15, -0.1) is 5.10 Å². The lowest BCUT2D eigenvalue weighted by Crippen LogP contribution is -2.40. The van der Waals surface area contributed by atoms with E-state index in [1.54, 1.807) is 11.8 Å². The second-order valence-electron chi connectivity index (χ2n) is 9.58. The highest BCUT2D eigenvalue weighted by Crippen LogP contribution is 2.43. The number of nitrogens with zero attached hydrogens (tertiary/aromatic N) is 4. The number of cyclic esters (lactones) is 1. The Morgan fingerprint density at radius 3 is 2.91 bits per heavy atom. The van der Waals surface area contributed by atoms with Crippen LogP contribution in [-0.4, -0.2) is 44.2 Å². The zero-order valence-corrected chi connectivity index (χ0v) is 19.3. The van der Waals surface area contributed by atoms with Gasteiger partial charge >= 0.3 is 6.09 Å². The number of hydrogen-bond acceptors (Lipinski definition) is 6. The van der Waals surface area contributed by atoms with Crippen LogP contribution in [0.25, 0.3) is 5.69 Å². The molecule has 3 aliphatic rings. The maximum Gasteiger partial charge on any atom is 0.407 e. The number of aryl methyl sites for hydroxylation is 1. The minimum absolute atomic E-state index is 0.144. The highest BCUT2D eigenvalue weighted by atomic mass is 32.2. The Morgan fingerprint density at radius 2 is 2.06 bits per heavy atom. The number of rotatable bonds is 5. The molecule has 0 unspecified atom stereocenters. The van der Waals surface area contributed by atoms with Crippen LogP contribution in [0.1, 0.15) is 48.3 Å². The zero-order valence-electron chi connectivity index (χ0n) is 18.4. The molecule has 1 aromatic heterocycles. The van der Waals surface area contributed by atoms with E-state index in [0.717, 1.165) is 48.7 Å². The highest BCUT2D eigenvalue weighted by Gasteiger charge is 2.46. The van der Waals surface area contributed by atoms with Crippen LogP contribution in [0.2, 0.25) is 0 Å². The maximum absolute atomic E-state index is 11.5. The number of carbonyl (C=O) groups excluding carboxylic acids is 1. The number of fused-ring (bicyclic) bond motifs is 1. The van der Waals surface area contributed by atoms with Crippen LogP contribution >= 0.6 is 11.8 Å². The standard InChI is InChI=1S/C25H27N5O2S/c31-24-26-25(16-32-24)11-10-21(14-25)20-9-8-18-12-17(6-7-19(18)13-20)15-33-23-27-28-29-30(23)22-4-2-1-3-5-22/h1-5,8-9,13,17,21H,6-7,10-12,14-16H2,(H,26,31)/t17-,21+,25-/m1/s1. The lowest BCUT2D eigenvalue weighted by atomic mass is 9.82. The van der Waals surface area contributed by atoms with Crippen molar-refractivity contribution in [2.45, 2.75) is 55.1 Å². The normalized spacial score (nSPS) is 26.2. The average molecular weight is 462 g/mol. The fourth-order valence-electron chi connectivity index (χ4n) is 5.59. The molecular weight excluding hydrogens is 434 g/mol. The van der Waals surface area contributed by atoms with E-state index in [9.17, 15) is 4.79 Å². The summed E-state index contributed by atoms with van der Waals surface area (Å²) in [6.45, 7) is 0.514. The molecule has 7 nitrogen and oxygen atoms in total. The molecule has 0 radical (unpaired) electrons. The summed E-state index contributed by atoms with van der Waals surface area (Å²) < 4.78 is 7.01. The summed E-state index contributed by atoms with van der Waals surface area (Å²) in [6.07, 6.45) is 6.24. The number of tetrazole rings is 1. The van der Waals surface area contributed by atoms with Gasteiger partial charge in [-0.2, -0.15) is 4.68 Å². The van der Waals surface area contributed by atoms with Gasteiger partial charge in [-0.3, -0.25) is 0 Å². The number of thioether (sulfide) groups is 1. The SMILES string of the molecule is O=C1N[C@@]2(CC[C@H](c3ccc4c(c3)CC[C@@H](CSc3nnnn3-c3ccccc3)C4)C2)CO1. The number of aromatic nitrogens is 4. The maximum atomic E-state index is 11.5. The zero-order chi connectivity index (χ0) is 22.3. The third kappa shape index (κ3) is 4.12. The smallest absolute Gasteiger partial charge is 0.407 e. The number of hydrogen-bond donors (Lipinski definition) is 1. The molecule has 1 N–H and O–H groups in total. The molecule has 170 valence electrons. The predicted octanol–water partition coefficient (Wildman–Crippen LogP) is 4.31. The van der Waals surface area contributed by atoms with Crippen molar-refractivity contribution in [3.05, 3.63) is 65.2 Å².